The zero-order chi connectivity index (χ0) is 11.8. The topological polar surface area (TPSA) is 26.3 Å². The molecule has 0 radical (unpaired) electrons. The Morgan fingerprint density at radius 2 is 2.06 bits per heavy atom. The maximum absolute atomic E-state index is 12.1. The molecule has 0 bridgehead atoms. The molecular formula is C10H7F3O2S. The van der Waals surface area contributed by atoms with E-state index >= 15 is 0 Å². The highest BCUT2D eigenvalue weighted by Crippen LogP contribution is 2.39. The van der Waals surface area contributed by atoms with Gasteiger partial charge in [0.2, 0.25) is 0 Å². The first-order chi connectivity index (χ1) is 7.46. The first-order valence-corrected chi connectivity index (χ1v) is 5.33. The fourth-order valence-electron chi connectivity index (χ4n) is 1.44. The molecule has 0 fully saturated rings. The summed E-state index contributed by atoms with van der Waals surface area (Å²) >= 11 is -0.217. The standard InChI is InChI=1S/C10H7F3O2S/c11-10(12,13)16-6-1-2-7-8(14)3-4-15-9(7)5-6/h1-2,5H,3-4H2. The number of thioether (sulfide) groups is 1. The molecule has 2 nitrogen and oxygen atoms in total. The molecule has 6 heteroatoms. The molecule has 0 amide bonds. The van der Waals surface area contributed by atoms with Gasteiger partial charge in [-0.15, -0.1) is 0 Å². The summed E-state index contributed by atoms with van der Waals surface area (Å²) in [6, 6.07) is 3.92. The first kappa shape index (κ1) is 11.3. The fourth-order valence-corrected chi connectivity index (χ4v) is 2.01. The Morgan fingerprint density at radius 1 is 1.31 bits per heavy atom. The number of benzene rings is 1. The molecule has 0 N–H and O–H groups in total. The van der Waals surface area contributed by atoms with E-state index in [1.54, 1.807) is 0 Å². The summed E-state index contributed by atoms with van der Waals surface area (Å²) in [5.74, 6) is 0.148. The second-order valence-corrected chi connectivity index (χ2v) is 4.37. The van der Waals surface area contributed by atoms with Crippen molar-refractivity contribution in [1.82, 2.24) is 0 Å². The van der Waals surface area contributed by atoms with Gasteiger partial charge in [0.25, 0.3) is 0 Å². The van der Waals surface area contributed by atoms with Crippen LogP contribution < -0.4 is 4.74 Å². The number of carbonyl (C=O) groups excluding carboxylic acids is 1. The molecule has 0 spiro atoms. The molecule has 0 atom stereocenters. The van der Waals surface area contributed by atoms with Crippen LogP contribution in [-0.2, 0) is 0 Å². The van der Waals surface area contributed by atoms with E-state index in [4.69, 9.17) is 4.74 Å². The molecule has 0 aliphatic carbocycles. The largest absolute Gasteiger partial charge is 0.492 e. The van der Waals surface area contributed by atoms with Gasteiger partial charge in [0.15, 0.2) is 5.78 Å². The number of rotatable bonds is 1. The van der Waals surface area contributed by atoms with Crippen LogP contribution >= 0.6 is 11.8 Å². The third-order valence-corrected chi connectivity index (χ3v) is 2.79. The number of halogens is 3. The van der Waals surface area contributed by atoms with Crippen molar-refractivity contribution in [3.63, 3.8) is 0 Å². The van der Waals surface area contributed by atoms with Gasteiger partial charge < -0.3 is 4.74 Å². The van der Waals surface area contributed by atoms with Crippen LogP contribution in [0.25, 0.3) is 0 Å². The quantitative estimate of drug-likeness (QED) is 0.713. The van der Waals surface area contributed by atoms with Crippen molar-refractivity contribution >= 4 is 17.5 Å². The maximum atomic E-state index is 12.1. The van der Waals surface area contributed by atoms with Crippen molar-refractivity contribution in [2.45, 2.75) is 16.8 Å². The normalized spacial score (nSPS) is 15.6. The minimum atomic E-state index is -4.33. The lowest BCUT2D eigenvalue weighted by molar-refractivity contribution is -0.0328. The van der Waals surface area contributed by atoms with Crippen LogP contribution in [0.1, 0.15) is 16.8 Å². The van der Waals surface area contributed by atoms with Crippen molar-refractivity contribution in [3.8, 4) is 5.75 Å². The summed E-state index contributed by atoms with van der Waals surface area (Å²) in [5.41, 5.74) is -3.97. The van der Waals surface area contributed by atoms with Crippen LogP contribution in [0.3, 0.4) is 0 Å². The van der Waals surface area contributed by atoms with Gasteiger partial charge in [-0.1, -0.05) is 0 Å². The van der Waals surface area contributed by atoms with Crippen molar-refractivity contribution in [2.75, 3.05) is 6.61 Å². The van der Waals surface area contributed by atoms with Gasteiger partial charge in [0.1, 0.15) is 5.75 Å². The number of Topliss-reactive ketones (excluding diaryl/α,β-unsaturated/α-hetero) is 1. The Hall–Kier alpha value is -1.17. The van der Waals surface area contributed by atoms with E-state index in [0.29, 0.717) is 5.56 Å². The SMILES string of the molecule is O=C1CCOc2cc(SC(F)(F)F)ccc21. The molecule has 1 aliphatic rings. The van der Waals surface area contributed by atoms with E-state index in [2.05, 4.69) is 0 Å². The second kappa shape index (κ2) is 4.01. The number of alkyl halides is 3. The molecule has 0 unspecified atom stereocenters. The highest BCUT2D eigenvalue weighted by molar-refractivity contribution is 8.00. The van der Waals surface area contributed by atoms with Crippen molar-refractivity contribution in [1.29, 1.82) is 0 Å². The van der Waals surface area contributed by atoms with Gasteiger partial charge in [-0.3, -0.25) is 4.79 Å². The van der Waals surface area contributed by atoms with Crippen LogP contribution in [0.2, 0.25) is 0 Å². The third kappa shape index (κ3) is 2.49. The Morgan fingerprint density at radius 3 is 2.75 bits per heavy atom. The molecule has 1 heterocycles. The molecule has 86 valence electrons. The van der Waals surface area contributed by atoms with Crippen LogP contribution in [0.15, 0.2) is 23.1 Å². The van der Waals surface area contributed by atoms with Gasteiger partial charge >= 0.3 is 5.51 Å². The second-order valence-electron chi connectivity index (χ2n) is 3.23. The predicted molar refractivity (Wildman–Crippen MR) is 52.8 cm³/mol. The molecule has 1 aliphatic heterocycles. The number of carbonyl (C=O) groups is 1. The highest BCUT2D eigenvalue weighted by Gasteiger charge is 2.30. The van der Waals surface area contributed by atoms with Crippen LogP contribution in [-0.4, -0.2) is 17.9 Å². The van der Waals surface area contributed by atoms with E-state index in [1.807, 2.05) is 0 Å². The molecule has 0 saturated heterocycles. The Kier molecular flexibility index (Phi) is 2.84. The molecule has 1 aromatic carbocycles. The lowest BCUT2D eigenvalue weighted by Gasteiger charge is -2.17. The minimum absolute atomic E-state index is 0.0287. The zero-order valence-corrected chi connectivity index (χ0v) is 8.82. The van der Waals surface area contributed by atoms with E-state index < -0.39 is 5.51 Å². The van der Waals surface area contributed by atoms with Gasteiger partial charge in [0, 0.05) is 11.3 Å². The summed E-state index contributed by atoms with van der Waals surface area (Å²) in [6.07, 6.45) is 0.277. The van der Waals surface area contributed by atoms with Crippen molar-refractivity contribution in [2.24, 2.45) is 0 Å². The van der Waals surface area contributed by atoms with Crippen molar-refractivity contribution < 1.29 is 22.7 Å². The third-order valence-electron chi connectivity index (χ3n) is 2.07. The first-order valence-electron chi connectivity index (χ1n) is 4.51. The minimum Gasteiger partial charge on any atom is -0.492 e. The van der Waals surface area contributed by atoms with Gasteiger partial charge in [-0.2, -0.15) is 13.2 Å². The summed E-state index contributed by atoms with van der Waals surface area (Å²) in [4.78, 5) is 11.4. The fraction of sp³-hybridized carbons (Fsp3) is 0.300. The molecule has 0 aromatic heterocycles. The summed E-state index contributed by atoms with van der Waals surface area (Å²) in [7, 11) is 0. The van der Waals surface area contributed by atoms with E-state index in [1.165, 1.54) is 18.2 Å². The Bertz CT molecular complexity index is 429. The zero-order valence-electron chi connectivity index (χ0n) is 8.00. The Balaban J connectivity index is 2.29. The number of fused-ring (bicyclic) bond motifs is 1. The predicted octanol–water partition coefficient (Wildman–Crippen LogP) is 3.26. The van der Waals surface area contributed by atoms with Crippen molar-refractivity contribution in [3.05, 3.63) is 23.8 Å². The molecule has 0 saturated carbocycles. The van der Waals surface area contributed by atoms with Gasteiger partial charge in [0.05, 0.1) is 12.2 Å². The molecule has 1 aromatic rings. The number of hydrogen-bond donors (Lipinski definition) is 0. The van der Waals surface area contributed by atoms with E-state index in [9.17, 15) is 18.0 Å². The summed E-state index contributed by atoms with van der Waals surface area (Å²) < 4.78 is 41.5. The molecule has 2 rings (SSSR count). The summed E-state index contributed by atoms with van der Waals surface area (Å²) in [6.45, 7) is 0.228. The highest BCUT2D eigenvalue weighted by atomic mass is 32.2. The number of ether oxygens (including phenoxy) is 1. The lowest BCUT2D eigenvalue weighted by Crippen LogP contribution is -2.15. The van der Waals surface area contributed by atoms with Crippen LogP contribution in [0, 0.1) is 0 Å². The molecule has 16 heavy (non-hydrogen) atoms. The smallest absolute Gasteiger partial charge is 0.446 e. The average molecular weight is 248 g/mol. The van der Waals surface area contributed by atoms with Crippen LogP contribution in [0.5, 0.6) is 5.75 Å². The monoisotopic (exact) mass is 248 g/mol. The van der Waals surface area contributed by atoms with E-state index in [-0.39, 0.29) is 41.2 Å². The van der Waals surface area contributed by atoms with Gasteiger partial charge in [-0.05, 0) is 30.0 Å². The number of hydrogen-bond acceptors (Lipinski definition) is 3. The van der Waals surface area contributed by atoms with Crippen LogP contribution in [0.4, 0.5) is 13.2 Å². The van der Waals surface area contributed by atoms with E-state index in [0.717, 1.165) is 0 Å². The van der Waals surface area contributed by atoms with Gasteiger partial charge in [-0.25, -0.2) is 0 Å². The molecular weight excluding hydrogens is 241 g/mol. The lowest BCUT2D eigenvalue weighted by atomic mass is 10.1. The Labute approximate surface area is 93.8 Å². The average Bonchev–Trinajstić information content (AvgIpc) is 2.15. The summed E-state index contributed by atoms with van der Waals surface area (Å²) in [5, 5.41) is 0. The maximum Gasteiger partial charge on any atom is 0.446 e. The number of ketones is 1.